The van der Waals surface area contributed by atoms with Crippen LogP contribution < -0.4 is 11.2 Å². The molecule has 3 N–H and O–H groups in total. The first-order valence-corrected chi connectivity index (χ1v) is 14.0. The van der Waals surface area contributed by atoms with Crippen molar-refractivity contribution in [2.75, 3.05) is 18.4 Å². The molecule has 3 aliphatic heterocycles. The molecule has 2 unspecified atom stereocenters. The number of nitrogens with two attached hydrogens (primary N) is 1. The number of alkyl halides is 3. The Labute approximate surface area is 239 Å². The van der Waals surface area contributed by atoms with Gasteiger partial charge in [-0.3, -0.25) is 14.6 Å². The van der Waals surface area contributed by atoms with Crippen molar-refractivity contribution in [1.82, 2.24) is 9.88 Å². The minimum Gasteiger partial charge on any atom is -0.342 e. The largest absolute Gasteiger partial charge is 0.416 e. The van der Waals surface area contributed by atoms with Gasteiger partial charge in [0.05, 0.1) is 29.0 Å². The van der Waals surface area contributed by atoms with E-state index in [0.717, 1.165) is 74.3 Å². The van der Waals surface area contributed by atoms with Crippen LogP contribution in [0.4, 0.5) is 19.0 Å². The molecule has 6 aliphatic rings. The van der Waals surface area contributed by atoms with Gasteiger partial charge >= 0.3 is 6.18 Å². The number of aliphatic imine (C=N–C) groups is 2. The number of likely N-dealkylation sites (tertiary alicyclic amines) is 1. The second kappa shape index (κ2) is 9.43. The number of aromatic nitrogens is 1. The normalized spacial score (nSPS) is 29.4. The number of pyridine rings is 1. The molecular weight excluding hydrogens is 547 g/mol. The number of halogens is 3. The van der Waals surface area contributed by atoms with E-state index in [-0.39, 0.29) is 33.2 Å². The second-order valence-corrected chi connectivity index (χ2v) is 11.9. The number of amides is 2. The van der Waals surface area contributed by atoms with Gasteiger partial charge in [-0.25, -0.2) is 4.98 Å². The third kappa shape index (κ3) is 4.28. The number of carbonyl (C=O) groups excluding carboxylic acids is 2. The minimum absolute atomic E-state index is 0.0200. The lowest BCUT2D eigenvalue weighted by atomic mass is 9.44. The van der Waals surface area contributed by atoms with Gasteiger partial charge < -0.3 is 10.2 Å². The molecule has 12 heteroatoms. The van der Waals surface area contributed by atoms with Crippen LogP contribution in [0.25, 0.3) is 0 Å². The van der Waals surface area contributed by atoms with Crippen molar-refractivity contribution in [3.8, 4) is 0 Å². The average molecular weight is 577 g/mol. The maximum Gasteiger partial charge on any atom is 0.416 e. The molecule has 1 aromatic heterocycles. The molecule has 9 nitrogen and oxygen atoms in total. The van der Waals surface area contributed by atoms with Crippen LogP contribution in [-0.4, -0.2) is 51.4 Å². The van der Waals surface area contributed by atoms with Gasteiger partial charge in [0, 0.05) is 30.8 Å². The summed E-state index contributed by atoms with van der Waals surface area (Å²) in [5, 5.41) is 2.42. The van der Waals surface area contributed by atoms with Gasteiger partial charge in [-0.2, -0.15) is 24.0 Å². The number of hydrogen-bond donors (Lipinski definition) is 2. The number of benzene rings is 1. The van der Waals surface area contributed by atoms with Gasteiger partial charge in [0.15, 0.2) is 0 Å². The number of hydrogen-bond acceptors (Lipinski definition) is 6. The predicted octanol–water partition coefficient (Wildman–Crippen LogP) is 4.61. The number of quaternary nitrogens is 1. The highest BCUT2D eigenvalue weighted by molar-refractivity contribution is 6.05. The van der Waals surface area contributed by atoms with E-state index in [2.05, 4.69) is 15.3 Å². The number of piperidine rings is 1. The molecule has 8 rings (SSSR count). The van der Waals surface area contributed by atoms with Gasteiger partial charge in [0.25, 0.3) is 11.7 Å². The van der Waals surface area contributed by atoms with E-state index in [1.807, 2.05) is 4.90 Å². The molecule has 2 atom stereocenters. The first-order chi connectivity index (χ1) is 20.1. The Morgan fingerprint density at radius 1 is 1.12 bits per heavy atom. The quantitative estimate of drug-likeness (QED) is 0.400. The van der Waals surface area contributed by atoms with Crippen LogP contribution in [-0.2, 0) is 11.0 Å². The SMILES string of the molecule is N[N+]12C=CN=CC1=C(C1CCCN(C(=O)C34CC(C3)C4)C1)N=C2c1ccc(C(=O)Nc2cc(C(F)(F)F)ccn2)cc1. The summed E-state index contributed by atoms with van der Waals surface area (Å²) in [7, 11) is 0. The van der Waals surface area contributed by atoms with Crippen molar-refractivity contribution in [3.05, 3.63) is 83.1 Å². The van der Waals surface area contributed by atoms with E-state index in [0.29, 0.717) is 17.9 Å². The molecule has 0 radical (unpaired) electrons. The summed E-state index contributed by atoms with van der Waals surface area (Å²) in [6.07, 6.45) is 6.37. The fraction of sp³-hybridized carbons (Fsp3) is 0.367. The van der Waals surface area contributed by atoms with Crippen molar-refractivity contribution in [1.29, 1.82) is 0 Å². The lowest BCUT2D eigenvalue weighted by molar-refractivity contribution is -0.750. The molecule has 2 bridgehead atoms. The number of rotatable bonds is 5. The summed E-state index contributed by atoms with van der Waals surface area (Å²) < 4.78 is 38.9. The first-order valence-electron chi connectivity index (χ1n) is 14.0. The minimum atomic E-state index is -4.55. The van der Waals surface area contributed by atoms with Crippen LogP contribution in [0.5, 0.6) is 0 Å². The van der Waals surface area contributed by atoms with E-state index < -0.39 is 17.6 Å². The number of nitrogens with one attached hydrogen (secondary N) is 1. The molecule has 4 fully saturated rings. The summed E-state index contributed by atoms with van der Waals surface area (Å²) in [6, 6.07) is 8.18. The zero-order valence-electron chi connectivity index (χ0n) is 22.6. The van der Waals surface area contributed by atoms with Gasteiger partial charge in [-0.05, 0) is 74.4 Å². The highest BCUT2D eigenvalue weighted by atomic mass is 19.4. The maximum absolute atomic E-state index is 13.3. The monoisotopic (exact) mass is 576 g/mol. The maximum atomic E-state index is 13.3. The van der Waals surface area contributed by atoms with E-state index in [1.54, 1.807) is 42.9 Å². The fourth-order valence-electron chi connectivity index (χ4n) is 6.80. The standard InChI is InChI=1S/C30H28F3N7O2/c31-30(32,33)22-7-8-36-24(12-22)37-27(41)20-5-3-19(4-6-20)26-38-25(23-16-35-9-11-40(23,26)34)21-2-1-10-39(17-21)28(42)29-13-18(14-29)15-29/h3-9,11-12,16,18,21H,1-2,10,13-15,17,34H2/p+1. The van der Waals surface area contributed by atoms with E-state index in [1.165, 1.54) is 0 Å². The summed E-state index contributed by atoms with van der Waals surface area (Å²) in [6.45, 7) is 1.36. The zero-order valence-corrected chi connectivity index (χ0v) is 22.6. The molecule has 4 heterocycles. The number of allylic oxidation sites excluding steroid dienone is 1. The Balaban J connectivity index is 1.11. The summed E-state index contributed by atoms with van der Waals surface area (Å²) >= 11 is 0. The van der Waals surface area contributed by atoms with Crippen molar-refractivity contribution >= 4 is 29.7 Å². The Hall–Kier alpha value is -4.16. The molecule has 3 saturated carbocycles. The summed E-state index contributed by atoms with van der Waals surface area (Å²) in [5.41, 5.74) is 1.45. The molecule has 1 saturated heterocycles. The van der Waals surface area contributed by atoms with Crippen LogP contribution in [0.2, 0.25) is 0 Å². The van der Waals surface area contributed by atoms with E-state index >= 15 is 0 Å². The number of amidine groups is 1. The molecule has 216 valence electrons. The van der Waals surface area contributed by atoms with Crippen LogP contribution in [0.3, 0.4) is 0 Å². The second-order valence-electron chi connectivity index (χ2n) is 11.9. The van der Waals surface area contributed by atoms with Crippen molar-refractivity contribution in [2.24, 2.45) is 33.1 Å². The average Bonchev–Trinajstić information content (AvgIpc) is 3.24. The van der Waals surface area contributed by atoms with Gasteiger partial charge in [0.2, 0.25) is 11.6 Å². The first kappa shape index (κ1) is 26.7. The Morgan fingerprint density at radius 2 is 1.88 bits per heavy atom. The Bertz CT molecular complexity index is 1590. The molecule has 2 aromatic rings. The zero-order chi connectivity index (χ0) is 29.3. The van der Waals surface area contributed by atoms with E-state index in [4.69, 9.17) is 10.8 Å². The predicted molar refractivity (Wildman–Crippen MR) is 148 cm³/mol. The summed E-state index contributed by atoms with van der Waals surface area (Å²) in [5.74, 6) is 7.69. The molecule has 2 amide bonds. The molecule has 0 spiro atoms. The molecule has 1 aromatic carbocycles. The topological polar surface area (TPSA) is 113 Å². The van der Waals surface area contributed by atoms with E-state index in [9.17, 15) is 22.8 Å². The van der Waals surface area contributed by atoms with Crippen molar-refractivity contribution < 1.29 is 27.4 Å². The lowest BCUT2D eigenvalue weighted by Crippen LogP contribution is -2.62. The third-order valence-corrected chi connectivity index (χ3v) is 9.14. The Kier molecular flexibility index (Phi) is 6.00. The van der Waals surface area contributed by atoms with Crippen molar-refractivity contribution in [3.63, 3.8) is 0 Å². The molecule has 42 heavy (non-hydrogen) atoms. The van der Waals surface area contributed by atoms with Gasteiger partial charge in [-0.15, -0.1) is 4.59 Å². The third-order valence-electron chi connectivity index (χ3n) is 9.14. The van der Waals surface area contributed by atoms with Crippen molar-refractivity contribution in [2.45, 2.75) is 38.3 Å². The summed E-state index contributed by atoms with van der Waals surface area (Å²) in [4.78, 5) is 41.3. The smallest absolute Gasteiger partial charge is 0.342 e. The number of fused-ring (bicyclic) bond motifs is 1. The molecule has 3 aliphatic carbocycles. The highest BCUT2D eigenvalue weighted by Gasteiger charge is 2.62. The van der Waals surface area contributed by atoms with Gasteiger partial charge in [0.1, 0.15) is 17.7 Å². The fourth-order valence-corrected chi connectivity index (χ4v) is 6.80. The number of anilines is 1. The molecular formula is C30H29F3N7O2+. The lowest BCUT2D eigenvalue weighted by Gasteiger charge is -2.61. The highest BCUT2D eigenvalue weighted by Crippen LogP contribution is 2.65. The van der Waals surface area contributed by atoms with Crippen LogP contribution in [0.15, 0.2) is 76.4 Å². The van der Waals surface area contributed by atoms with Crippen LogP contribution in [0.1, 0.15) is 53.6 Å². The van der Waals surface area contributed by atoms with Gasteiger partial charge in [-0.1, -0.05) is 0 Å². The van der Waals surface area contributed by atoms with Crippen LogP contribution in [0, 0.1) is 17.3 Å². The number of carbonyl (C=O) groups is 2. The Morgan fingerprint density at radius 3 is 2.57 bits per heavy atom. The number of nitrogens with zero attached hydrogens (tertiary/aromatic N) is 5. The van der Waals surface area contributed by atoms with Crippen LogP contribution >= 0.6 is 0 Å².